The summed E-state index contributed by atoms with van der Waals surface area (Å²) in [6.07, 6.45) is 3.99. The monoisotopic (exact) mass is 382 g/mol. The highest BCUT2D eigenvalue weighted by molar-refractivity contribution is 8.18. The fourth-order valence-corrected chi connectivity index (χ4v) is 3.56. The van der Waals surface area contributed by atoms with E-state index in [4.69, 9.17) is 9.47 Å². The maximum Gasteiger partial charge on any atom is 0.264 e. The molecule has 0 spiro atoms. The van der Waals surface area contributed by atoms with Gasteiger partial charge in [0.05, 0.1) is 24.8 Å². The highest BCUT2D eigenvalue weighted by Crippen LogP contribution is 2.32. The molecule has 140 valence electrons. The van der Waals surface area contributed by atoms with E-state index in [9.17, 15) is 4.79 Å². The second-order valence-corrected chi connectivity index (χ2v) is 7.04. The maximum absolute atomic E-state index is 12.3. The van der Waals surface area contributed by atoms with Gasteiger partial charge in [-0.1, -0.05) is 31.5 Å². The van der Waals surface area contributed by atoms with E-state index in [0.29, 0.717) is 21.6 Å². The van der Waals surface area contributed by atoms with Crippen LogP contribution in [0.4, 0.5) is 5.69 Å². The second-order valence-electron chi connectivity index (χ2n) is 6.01. The lowest BCUT2D eigenvalue weighted by molar-refractivity contribution is -0.115. The molecule has 1 heterocycles. The van der Waals surface area contributed by atoms with E-state index >= 15 is 0 Å². The lowest BCUT2D eigenvalue weighted by Crippen LogP contribution is -2.19. The van der Waals surface area contributed by atoms with Crippen molar-refractivity contribution in [2.45, 2.75) is 19.8 Å². The van der Waals surface area contributed by atoms with Crippen LogP contribution in [-0.2, 0) is 11.2 Å². The van der Waals surface area contributed by atoms with Crippen LogP contribution in [0.1, 0.15) is 24.5 Å². The summed E-state index contributed by atoms with van der Waals surface area (Å²) < 4.78 is 10.5. The molecule has 0 atom stereocenters. The number of thioether (sulfide) groups is 1. The van der Waals surface area contributed by atoms with Crippen LogP contribution in [0.25, 0.3) is 6.08 Å². The van der Waals surface area contributed by atoms with Crippen LogP contribution in [0.5, 0.6) is 11.5 Å². The fraction of sp³-hybridized carbons (Fsp3) is 0.238. The van der Waals surface area contributed by atoms with Crippen LogP contribution in [0.2, 0.25) is 0 Å². The number of amides is 1. The number of hydrogen-bond donors (Lipinski definition) is 1. The van der Waals surface area contributed by atoms with Crippen LogP contribution in [0.3, 0.4) is 0 Å². The molecule has 5 nitrogen and oxygen atoms in total. The van der Waals surface area contributed by atoms with Gasteiger partial charge in [-0.3, -0.25) is 4.79 Å². The number of nitrogens with zero attached hydrogens (tertiary/aromatic N) is 1. The van der Waals surface area contributed by atoms with Crippen molar-refractivity contribution >= 4 is 34.6 Å². The minimum Gasteiger partial charge on any atom is -0.493 e. The zero-order chi connectivity index (χ0) is 19.2. The SMILES string of the molecule is CCCc1ccc(N=C2NC(=O)/C(=C\c3ccc(OC)c(OC)c3)S2)cc1. The molecule has 2 aromatic rings. The number of rotatable bonds is 6. The van der Waals surface area contributed by atoms with Crippen molar-refractivity contribution < 1.29 is 14.3 Å². The molecule has 3 rings (SSSR count). The summed E-state index contributed by atoms with van der Waals surface area (Å²) in [5, 5.41) is 3.39. The zero-order valence-corrected chi connectivity index (χ0v) is 16.4. The van der Waals surface area contributed by atoms with Crippen molar-refractivity contribution in [3.05, 3.63) is 58.5 Å². The molecule has 27 heavy (non-hydrogen) atoms. The Bertz CT molecular complexity index is 889. The molecule has 0 bridgehead atoms. The first-order valence-corrected chi connectivity index (χ1v) is 9.55. The van der Waals surface area contributed by atoms with E-state index in [1.165, 1.54) is 17.3 Å². The normalized spacial score (nSPS) is 16.6. The van der Waals surface area contributed by atoms with Gasteiger partial charge < -0.3 is 14.8 Å². The molecule has 1 N–H and O–H groups in total. The number of hydrogen-bond acceptors (Lipinski definition) is 5. The van der Waals surface area contributed by atoms with Gasteiger partial charge in [0.25, 0.3) is 5.91 Å². The van der Waals surface area contributed by atoms with E-state index in [1.54, 1.807) is 14.2 Å². The van der Waals surface area contributed by atoms with Gasteiger partial charge in [0.15, 0.2) is 16.7 Å². The summed E-state index contributed by atoms with van der Waals surface area (Å²) in [5.41, 5.74) is 2.97. The Hall–Kier alpha value is -2.73. The van der Waals surface area contributed by atoms with Crippen molar-refractivity contribution in [2.24, 2.45) is 4.99 Å². The van der Waals surface area contributed by atoms with Gasteiger partial charge in [-0.15, -0.1) is 0 Å². The van der Waals surface area contributed by atoms with E-state index in [1.807, 2.05) is 36.4 Å². The second kappa shape index (κ2) is 8.77. The van der Waals surface area contributed by atoms with Crippen LogP contribution in [0, 0.1) is 0 Å². The van der Waals surface area contributed by atoms with Gasteiger partial charge in [-0.2, -0.15) is 0 Å². The summed E-state index contributed by atoms with van der Waals surface area (Å²) in [5.74, 6) is 1.12. The first-order valence-electron chi connectivity index (χ1n) is 8.73. The molecule has 1 aliphatic rings. The van der Waals surface area contributed by atoms with Crippen molar-refractivity contribution in [3.63, 3.8) is 0 Å². The summed E-state index contributed by atoms with van der Waals surface area (Å²) in [6, 6.07) is 13.6. The van der Waals surface area contributed by atoms with E-state index in [-0.39, 0.29) is 5.91 Å². The number of ether oxygens (including phenoxy) is 2. The van der Waals surface area contributed by atoms with Gasteiger partial charge in [-0.25, -0.2) is 4.99 Å². The van der Waals surface area contributed by atoms with Crippen LogP contribution < -0.4 is 14.8 Å². The number of carbonyl (C=O) groups is 1. The summed E-state index contributed by atoms with van der Waals surface area (Å²) in [7, 11) is 3.18. The van der Waals surface area contributed by atoms with E-state index < -0.39 is 0 Å². The van der Waals surface area contributed by atoms with Crippen molar-refractivity contribution in [1.29, 1.82) is 0 Å². The van der Waals surface area contributed by atoms with Gasteiger partial charge in [-0.05, 0) is 59.7 Å². The molecule has 0 saturated carbocycles. The predicted molar refractivity (Wildman–Crippen MR) is 111 cm³/mol. The summed E-state index contributed by atoms with van der Waals surface area (Å²) in [6.45, 7) is 2.16. The third-order valence-corrected chi connectivity index (χ3v) is 4.97. The molecule has 0 radical (unpaired) electrons. The van der Waals surface area contributed by atoms with Gasteiger partial charge >= 0.3 is 0 Å². The third kappa shape index (κ3) is 4.71. The van der Waals surface area contributed by atoms with Crippen molar-refractivity contribution in [3.8, 4) is 11.5 Å². The fourth-order valence-electron chi connectivity index (χ4n) is 2.72. The smallest absolute Gasteiger partial charge is 0.264 e. The standard InChI is InChI=1S/C21H22N2O3S/c1-4-5-14-6-9-16(10-7-14)22-21-23-20(24)19(27-21)13-15-8-11-17(25-2)18(12-15)26-3/h6-13H,4-5H2,1-3H3,(H,22,23,24)/b19-13+. The van der Waals surface area contributed by atoms with Crippen molar-refractivity contribution in [1.82, 2.24) is 5.32 Å². The maximum atomic E-state index is 12.3. The highest BCUT2D eigenvalue weighted by atomic mass is 32.2. The topological polar surface area (TPSA) is 59.9 Å². The molecule has 1 aliphatic heterocycles. The molecule has 1 saturated heterocycles. The molecule has 0 aromatic heterocycles. The zero-order valence-electron chi connectivity index (χ0n) is 15.6. The predicted octanol–water partition coefficient (Wildman–Crippen LogP) is 4.55. The van der Waals surface area contributed by atoms with Gasteiger partial charge in [0, 0.05) is 0 Å². The number of carbonyl (C=O) groups excluding carboxylic acids is 1. The lowest BCUT2D eigenvalue weighted by atomic mass is 10.1. The van der Waals surface area contributed by atoms with Crippen LogP contribution in [0.15, 0.2) is 52.4 Å². The Morgan fingerprint density at radius 2 is 1.81 bits per heavy atom. The summed E-state index contributed by atoms with van der Waals surface area (Å²) >= 11 is 1.32. The largest absolute Gasteiger partial charge is 0.493 e. The third-order valence-electron chi connectivity index (χ3n) is 4.06. The highest BCUT2D eigenvalue weighted by Gasteiger charge is 2.24. The van der Waals surface area contributed by atoms with E-state index in [2.05, 4.69) is 29.4 Å². The summed E-state index contributed by atoms with van der Waals surface area (Å²) in [4.78, 5) is 17.4. The Kier molecular flexibility index (Phi) is 6.19. The minimum atomic E-state index is -0.156. The molecule has 6 heteroatoms. The van der Waals surface area contributed by atoms with Gasteiger partial charge in [0.2, 0.25) is 0 Å². The average molecular weight is 382 g/mol. The first kappa shape index (κ1) is 19.0. The lowest BCUT2D eigenvalue weighted by Gasteiger charge is -2.07. The molecule has 0 unspecified atom stereocenters. The van der Waals surface area contributed by atoms with Crippen LogP contribution >= 0.6 is 11.8 Å². The number of benzene rings is 2. The Balaban J connectivity index is 1.77. The quantitative estimate of drug-likeness (QED) is 0.745. The first-order chi connectivity index (χ1) is 13.1. The van der Waals surface area contributed by atoms with E-state index in [0.717, 1.165) is 24.1 Å². The molecule has 1 fully saturated rings. The molecule has 1 amide bonds. The molecular weight excluding hydrogens is 360 g/mol. The average Bonchev–Trinajstić information content (AvgIpc) is 3.02. The Labute approximate surface area is 163 Å². The molecule has 0 aliphatic carbocycles. The van der Waals surface area contributed by atoms with Crippen molar-refractivity contribution in [2.75, 3.05) is 14.2 Å². The Morgan fingerprint density at radius 1 is 1.07 bits per heavy atom. The number of methoxy groups -OCH3 is 2. The molecule has 2 aromatic carbocycles. The van der Waals surface area contributed by atoms with Crippen LogP contribution in [-0.4, -0.2) is 25.3 Å². The minimum absolute atomic E-state index is 0.156. The number of amidine groups is 1. The Morgan fingerprint density at radius 3 is 2.48 bits per heavy atom. The number of nitrogens with one attached hydrogen (secondary N) is 1. The number of aliphatic imine (C=N–C) groups is 1. The molecular formula is C21H22N2O3S. The van der Waals surface area contributed by atoms with Gasteiger partial charge in [0.1, 0.15) is 0 Å². The number of aryl methyl sites for hydroxylation is 1.